The van der Waals surface area contributed by atoms with Crippen molar-refractivity contribution >= 4 is 45.8 Å². The third-order valence-electron chi connectivity index (χ3n) is 3.03. The van der Waals surface area contributed by atoms with Gasteiger partial charge in [-0.1, -0.05) is 15.9 Å². The first-order valence-electron chi connectivity index (χ1n) is 5.49. The molecule has 2 rings (SSSR count). The number of thiol groups is 1. The van der Waals surface area contributed by atoms with Gasteiger partial charge in [0.25, 0.3) is 0 Å². The van der Waals surface area contributed by atoms with E-state index in [9.17, 15) is 4.79 Å². The van der Waals surface area contributed by atoms with Gasteiger partial charge in [-0.25, -0.2) is 0 Å². The van der Waals surface area contributed by atoms with Gasteiger partial charge in [-0.05, 0) is 36.3 Å². The predicted molar refractivity (Wildman–Crippen MR) is 77.6 cm³/mol. The largest absolute Gasteiger partial charge is 0.397 e. The zero-order valence-electron chi connectivity index (χ0n) is 9.61. The molecule has 1 atom stereocenters. The normalized spacial score (nSPS) is 20.1. The summed E-state index contributed by atoms with van der Waals surface area (Å²) in [4.78, 5) is 13.7. The Labute approximate surface area is 115 Å². The van der Waals surface area contributed by atoms with Gasteiger partial charge in [-0.2, -0.15) is 12.6 Å². The Morgan fingerprint density at radius 2 is 2.29 bits per heavy atom. The van der Waals surface area contributed by atoms with E-state index in [-0.39, 0.29) is 5.91 Å². The van der Waals surface area contributed by atoms with Gasteiger partial charge >= 0.3 is 0 Å². The molecule has 1 aliphatic rings. The molecular formula is C12H15BrN2OS. The first kappa shape index (κ1) is 12.8. The van der Waals surface area contributed by atoms with Gasteiger partial charge in [0, 0.05) is 17.4 Å². The summed E-state index contributed by atoms with van der Waals surface area (Å²) in [5.41, 5.74) is 8.52. The summed E-state index contributed by atoms with van der Waals surface area (Å²) in [6, 6.07) is 3.82. The second-order valence-electron chi connectivity index (χ2n) is 4.42. The van der Waals surface area contributed by atoms with Gasteiger partial charge < -0.3 is 10.6 Å². The lowest BCUT2D eigenvalue weighted by molar-refractivity contribution is -0.117. The van der Waals surface area contributed by atoms with E-state index in [0.29, 0.717) is 18.0 Å². The van der Waals surface area contributed by atoms with E-state index in [1.165, 1.54) is 0 Å². The van der Waals surface area contributed by atoms with Crippen LogP contribution in [0.2, 0.25) is 0 Å². The SMILES string of the molecule is Cc1cc(Br)cc(N)c1N1CC(CS)CC1=O. The Morgan fingerprint density at radius 1 is 1.59 bits per heavy atom. The summed E-state index contributed by atoms with van der Waals surface area (Å²) in [5.74, 6) is 1.20. The standard InChI is InChI=1S/C12H15BrN2OS/c1-7-2-9(13)4-10(14)12(7)15-5-8(6-17)3-11(15)16/h2,4,8,17H,3,5-6,14H2,1H3. The maximum atomic E-state index is 12.0. The topological polar surface area (TPSA) is 46.3 Å². The molecule has 0 spiro atoms. The third-order valence-corrected chi connectivity index (χ3v) is 4.00. The number of benzene rings is 1. The van der Waals surface area contributed by atoms with E-state index >= 15 is 0 Å². The lowest BCUT2D eigenvalue weighted by Gasteiger charge is -2.21. The smallest absolute Gasteiger partial charge is 0.227 e. The van der Waals surface area contributed by atoms with Gasteiger partial charge in [0.05, 0.1) is 11.4 Å². The Hall–Kier alpha value is -0.680. The molecule has 1 saturated heterocycles. The maximum Gasteiger partial charge on any atom is 0.227 e. The molecule has 1 aromatic rings. The van der Waals surface area contributed by atoms with Crippen LogP contribution in [0.5, 0.6) is 0 Å². The van der Waals surface area contributed by atoms with Crippen molar-refractivity contribution in [2.45, 2.75) is 13.3 Å². The number of carbonyl (C=O) groups excluding carboxylic acids is 1. The highest BCUT2D eigenvalue weighted by Gasteiger charge is 2.31. The number of halogens is 1. The van der Waals surface area contributed by atoms with E-state index < -0.39 is 0 Å². The van der Waals surface area contributed by atoms with Crippen LogP contribution in [-0.4, -0.2) is 18.2 Å². The van der Waals surface area contributed by atoms with Crippen LogP contribution in [0.4, 0.5) is 11.4 Å². The molecule has 1 amide bonds. The molecule has 3 nitrogen and oxygen atoms in total. The van der Waals surface area contributed by atoms with Gasteiger partial charge in [-0.3, -0.25) is 4.79 Å². The molecule has 1 aliphatic heterocycles. The number of nitrogen functional groups attached to an aromatic ring is 1. The molecule has 1 heterocycles. The van der Waals surface area contributed by atoms with Crippen LogP contribution in [0.3, 0.4) is 0 Å². The Balaban J connectivity index is 2.38. The number of aryl methyl sites for hydroxylation is 1. The van der Waals surface area contributed by atoms with E-state index in [1.807, 2.05) is 19.1 Å². The predicted octanol–water partition coefficient (Wildman–Crippen LogP) is 2.62. The molecule has 0 radical (unpaired) electrons. The van der Waals surface area contributed by atoms with Crippen LogP contribution in [-0.2, 0) is 4.79 Å². The minimum atomic E-state index is 0.140. The van der Waals surface area contributed by atoms with Crippen molar-refractivity contribution in [1.29, 1.82) is 0 Å². The number of carbonyl (C=O) groups is 1. The summed E-state index contributed by atoms with van der Waals surface area (Å²) >= 11 is 7.66. The number of amides is 1. The molecule has 0 saturated carbocycles. The average Bonchev–Trinajstić information content (AvgIpc) is 2.59. The monoisotopic (exact) mass is 314 g/mol. The number of rotatable bonds is 2. The number of hydrogen-bond donors (Lipinski definition) is 2. The third kappa shape index (κ3) is 2.45. The zero-order valence-corrected chi connectivity index (χ0v) is 12.1. The molecule has 0 bridgehead atoms. The average molecular weight is 315 g/mol. The van der Waals surface area contributed by atoms with E-state index in [4.69, 9.17) is 5.73 Å². The second-order valence-corrected chi connectivity index (χ2v) is 5.70. The molecule has 92 valence electrons. The van der Waals surface area contributed by atoms with Gasteiger partial charge in [0.1, 0.15) is 0 Å². The van der Waals surface area contributed by atoms with E-state index in [0.717, 1.165) is 28.0 Å². The van der Waals surface area contributed by atoms with Crippen LogP contribution in [0, 0.1) is 12.8 Å². The van der Waals surface area contributed by atoms with Crippen molar-refractivity contribution in [2.75, 3.05) is 22.9 Å². The zero-order chi connectivity index (χ0) is 12.6. The highest BCUT2D eigenvalue weighted by molar-refractivity contribution is 9.10. The summed E-state index contributed by atoms with van der Waals surface area (Å²) in [6.07, 6.45) is 0.568. The van der Waals surface area contributed by atoms with Gasteiger partial charge in [0.15, 0.2) is 0 Å². The lowest BCUT2D eigenvalue weighted by Crippen LogP contribution is -2.26. The molecule has 2 N–H and O–H groups in total. The summed E-state index contributed by atoms with van der Waals surface area (Å²) in [5, 5.41) is 0. The molecule has 0 aromatic heterocycles. The van der Waals surface area contributed by atoms with Gasteiger partial charge in [-0.15, -0.1) is 0 Å². The molecule has 1 unspecified atom stereocenters. The molecular weight excluding hydrogens is 300 g/mol. The number of nitrogens with two attached hydrogens (primary N) is 1. The van der Waals surface area contributed by atoms with Crippen LogP contribution < -0.4 is 10.6 Å². The minimum Gasteiger partial charge on any atom is -0.397 e. The van der Waals surface area contributed by atoms with Crippen LogP contribution in [0.1, 0.15) is 12.0 Å². The maximum absolute atomic E-state index is 12.0. The van der Waals surface area contributed by atoms with Crippen molar-refractivity contribution in [1.82, 2.24) is 0 Å². The van der Waals surface area contributed by atoms with Crippen LogP contribution in [0.25, 0.3) is 0 Å². The molecule has 5 heteroatoms. The summed E-state index contributed by atoms with van der Waals surface area (Å²) < 4.78 is 0.939. The fourth-order valence-electron chi connectivity index (χ4n) is 2.25. The van der Waals surface area contributed by atoms with Crippen molar-refractivity contribution < 1.29 is 4.79 Å². The van der Waals surface area contributed by atoms with Crippen LogP contribution in [0.15, 0.2) is 16.6 Å². The molecule has 17 heavy (non-hydrogen) atoms. The Kier molecular flexibility index (Phi) is 3.68. The number of anilines is 2. The first-order chi connectivity index (χ1) is 8.02. The van der Waals surface area contributed by atoms with Crippen LogP contribution >= 0.6 is 28.6 Å². The van der Waals surface area contributed by atoms with E-state index in [2.05, 4.69) is 28.6 Å². The fourth-order valence-corrected chi connectivity index (χ4v) is 3.08. The number of nitrogens with zero attached hydrogens (tertiary/aromatic N) is 1. The Morgan fingerprint density at radius 3 is 2.82 bits per heavy atom. The lowest BCUT2D eigenvalue weighted by atomic mass is 10.1. The van der Waals surface area contributed by atoms with Crippen molar-refractivity contribution in [3.8, 4) is 0 Å². The summed E-state index contributed by atoms with van der Waals surface area (Å²) in [7, 11) is 0. The fraction of sp³-hybridized carbons (Fsp3) is 0.417. The van der Waals surface area contributed by atoms with Gasteiger partial charge in [0.2, 0.25) is 5.91 Å². The molecule has 1 aromatic carbocycles. The molecule has 1 fully saturated rings. The number of hydrogen-bond acceptors (Lipinski definition) is 3. The second kappa shape index (κ2) is 4.90. The van der Waals surface area contributed by atoms with Crippen molar-refractivity contribution in [3.05, 3.63) is 22.2 Å². The minimum absolute atomic E-state index is 0.140. The molecule has 0 aliphatic carbocycles. The quantitative estimate of drug-likeness (QED) is 0.651. The van der Waals surface area contributed by atoms with Crippen molar-refractivity contribution in [2.24, 2.45) is 5.92 Å². The van der Waals surface area contributed by atoms with Crippen molar-refractivity contribution in [3.63, 3.8) is 0 Å². The Bertz CT molecular complexity index is 441. The highest BCUT2D eigenvalue weighted by Crippen LogP contribution is 2.35. The highest BCUT2D eigenvalue weighted by atomic mass is 79.9. The summed E-state index contributed by atoms with van der Waals surface area (Å²) in [6.45, 7) is 2.69. The first-order valence-corrected chi connectivity index (χ1v) is 6.92. The van der Waals surface area contributed by atoms with E-state index in [1.54, 1.807) is 4.90 Å².